The quantitative estimate of drug-likeness (QED) is 0.632. The van der Waals surface area contributed by atoms with Crippen LogP contribution in [0.1, 0.15) is 10.4 Å². The number of aryl methyl sites for hydroxylation is 1. The van der Waals surface area contributed by atoms with Crippen LogP contribution < -0.4 is 14.8 Å². The van der Waals surface area contributed by atoms with Gasteiger partial charge < -0.3 is 14.8 Å². The summed E-state index contributed by atoms with van der Waals surface area (Å²) < 4.78 is 10.5. The molecule has 0 saturated heterocycles. The molecule has 3 aromatic rings. The number of aromatic nitrogens is 1. The highest BCUT2D eigenvalue weighted by atomic mass is 35.5. The van der Waals surface area contributed by atoms with Crippen molar-refractivity contribution in [3.05, 3.63) is 57.9 Å². The lowest BCUT2D eigenvalue weighted by molar-refractivity contribution is -0.115. The van der Waals surface area contributed by atoms with Crippen LogP contribution in [-0.4, -0.2) is 25.1 Å². The van der Waals surface area contributed by atoms with E-state index < -0.39 is 0 Å². The molecule has 0 unspecified atom stereocenters. The first-order chi connectivity index (χ1) is 13.0. The van der Waals surface area contributed by atoms with Gasteiger partial charge in [-0.15, -0.1) is 11.3 Å². The Kier molecular flexibility index (Phi) is 5.98. The molecule has 0 saturated carbocycles. The highest BCUT2D eigenvalue weighted by molar-refractivity contribution is 7.16. The number of hydrogen-bond acceptors (Lipinski definition) is 5. The van der Waals surface area contributed by atoms with Gasteiger partial charge in [-0.25, -0.2) is 4.98 Å². The zero-order valence-corrected chi connectivity index (χ0v) is 16.8. The molecule has 1 amide bonds. The molecule has 0 fully saturated rings. The van der Waals surface area contributed by atoms with Gasteiger partial charge in [0.05, 0.1) is 26.3 Å². The van der Waals surface area contributed by atoms with E-state index in [2.05, 4.69) is 10.3 Å². The third-order valence-corrected chi connectivity index (χ3v) is 5.14. The van der Waals surface area contributed by atoms with Gasteiger partial charge in [0.1, 0.15) is 11.5 Å². The second kappa shape index (κ2) is 8.41. The summed E-state index contributed by atoms with van der Waals surface area (Å²) in [6.07, 6.45) is 0.183. The molecule has 140 valence electrons. The fourth-order valence-corrected chi connectivity index (χ4v) is 3.64. The van der Waals surface area contributed by atoms with Crippen molar-refractivity contribution < 1.29 is 14.3 Å². The van der Waals surface area contributed by atoms with Gasteiger partial charge >= 0.3 is 0 Å². The van der Waals surface area contributed by atoms with Gasteiger partial charge in [-0.2, -0.15) is 0 Å². The lowest BCUT2D eigenvalue weighted by Crippen LogP contribution is -2.14. The monoisotopic (exact) mass is 402 g/mol. The molecule has 1 N–H and O–H groups in total. The van der Waals surface area contributed by atoms with Crippen LogP contribution in [0.5, 0.6) is 11.5 Å². The van der Waals surface area contributed by atoms with Crippen molar-refractivity contribution >= 4 is 34.0 Å². The van der Waals surface area contributed by atoms with E-state index in [4.69, 9.17) is 21.1 Å². The first-order valence-corrected chi connectivity index (χ1v) is 9.43. The number of rotatable bonds is 6. The number of ether oxygens (including phenoxy) is 2. The summed E-state index contributed by atoms with van der Waals surface area (Å²) in [6.45, 7) is 1.98. The van der Waals surface area contributed by atoms with Crippen LogP contribution in [0.25, 0.3) is 11.3 Å². The molecule has 3 rings (SSSR count). The van der Waals surface area contributed by atoms with Crippen molar-refractivity contribution in [2.75, 3.05) is 19.5 Å². The minimum Gasteiger partial charge on any atom is -0.497 e. The van der Waals surface area contributed by atoms with Gasteiger partial charge in [-0.05, 0) is 25.1 Å². The summed E-state index contributed by atoms with van der Waals surface area (Å²) in [5.41, 5.74) is 2.58. The average molecular weight is 403 g/mol. The number of hydrogen-bond donors (Lipinski definition) is 1. The molecule has 1 heterocycles. The lowest BCUT2D eigenvalue weighted by atomic mass is 10.1. The molecule has 0 spiro atoms. The summed E-state index contributed by atoms with van der Waals surface area (Å²) >= 11 is 7.38. The maximum atomic E-state index is 12.5. The number of nitrogens with zero attached hydrogens (tertiary/aromatic N) is 1. The molecule has 0 aliphatic carbocycles. The standard InChI is InChI=1S/C20H19ClN2O3S/c1-12-19(13-4-7-15(21)8-5-13)23-20(27-12)22-18(24)10-14-6-9-16(25-2)11-17(14)26-3/h4-9,11H,10H2,1-3H3,(H,22,23,24). The van der Waals surface area contributed by atoms with Crippen molar-refractivity contribution in [3.63, 3.8) is 0 Å². The van der Waals surface area contributed by atoms with E-state index in [0.717, 1.165) is 21.7 Å². The predicted octanol–water partition coefficient (Wildman–Crippen LogP) is 4.97. The fraction of sp³-hybridized carbons (Fsp3) is 0.200. The molecule has 0 radical (unpaired) electrons. The molecule has 5 nitrogen and oxygen atoms in total. The Morgan fingerprint density at radius 3 is 2.56 bits per heavy atom. The number of nitrogens with one attached hydrogen (secondary N) is 1. The van der Waals surface area contributed by atoms with Crippen LogP contribution in [0.15, 0.2) is 42.5 Å². The fourth-order valence-electron chi connectivity index (χ4n) is 2.66. The number of methoxy groups -OCH3 is 2. The van der Waals surface area contributed by atoms with E-state index in [1.807, 2.05) is 37.3 Å². The Hall–Kier alpha value is -2.57. The summed E-state index contributed by atoms with van der Waals surface area (Å²) in [6, 6.07) is 12.9. The van der Waals surface area contributed by atoms with Gasteiger partial charge in [-0.1, -0.05) is 29.8 Å². The molecule has 0 atom stereocenters. The maximum absolute atomic E-state index is 12.5. The van der Waals surface area contributed by atoms with Gasteiger partial charge in [0.15, 0.2) is 5.13 Å². The van der Waals surface area contributed by atoms with Crippen molar-refractivity contribution in [3.8, 4) is 22.8 Å². The van der Waals surface area contributed by atoms with Crippen LogP contribution in [-0.2, 0) is 11.2 Å². The van der Waals surface area contributed by atoms with Crippen LogP contribution in [0.3, 0.4) is 0 Å². The van der Waals surface area contributed by atoms with Crippen molar-refractivity contribution in [2.45, 2.75) is 13.3 Å². The predicted molar refractivity (Wildman–Crippen MR) is 109 cm³/mol. The average Bonchev–Trinajstić information content (AvgIpc) is 3.02. The van der Waals surface area contributed by atoms with Gasteiger partial charge in [0.2, 0.25) is 5.91 Å². The molecule has 2 aromatic carbocycles. The SMILES string of the molecule is COc1ccc(CC(=O)Nc2nc(-c3ccc(Cl)cc3)c(C)s2)c(OC)c1. The number of benzene rings is 2. The lowest BCUT2D eigenvalue weighted by Gasteiger charge is -2.10. The number of anilines is 1. The zero-order valence-electron chi connectivity index (χ0n) is 15.2. The smallest absolute Gasteiger partial charge is 0.230 e. The third kappa shape index (κ3) is 4.59. The van der Waals surface area contributed by atoms with Gasteiger partial charge in [0.25, 0.3) is 0 Å². The second-order valence-corrected chi connectivity index (χ2v) is 7.47. The van der Waals surface area contributed by atoms with E-state index in [1.54, 1.807) is 26.4 Å². The maximum Gasteiger partial charge on any atom is 0.230 e. The minimum absolute atomic E-state index is 0.158. The summed E-state index contributed by atoms with van der Waals surface area (Å²) in [7, 11) is 3.16. The molecular formula is C20H19ClN2O3S. The number of thiazole rings is 1. The molecule has 0 aliphatic heterocycles. The first kappa shape index (κ1) is 19.2. The number of amides is 1. The normalized spacial score (nSPS) is 10.5. The Morgan fingerprint density at radius 1 is 1.15 bits per heavy atom. The van der Waals surface area contributed by atoms with E-state index in [1.165, 1.54) is 11.3 Å². The van der Waals surface area contributed by atoms with Crippen LogP contribution in [0, 0.1) is 6.92 Å². The zero-order chi connectivity index (χ0) is 19.4. The van der Waals surface area contributed by atoms with Crippen LogP contribution in [0.4, 0.5) is 5.13 Å². The van der Waals surface area contributed by atoms with Gasteiger partial charge in [-0.3, -0.25) is 4.79 Å². The van der Waals surface area contributed by atoms with Crippen molar-refractivity contribution in [1.29, 1.82) is 0 Å². The number of carbonyl (C=O) groups excluding carboxylic acids is 1. The largest absolute Gasteiger partial charge is 0.497 e. The van der Waals surface area contributed by atoms with Gasteiger partial charge in [0, 0.05) is 27.1 Å². The van der Waals surface area contributed by atoms with E-state index in [9.17, 15) is 4.79 Å². The highest BCUT2D eigenvalue weighted by Gasteiger charge is 2.14. The molecule has 1 aromatic heterocycles. The topological polar surface area (TPSA) is 60.5 Å². The van der Waals surface area contributed by atoms with Crippen LogP contribution in [0.2, 0.25) is 5.02 Å². The molecule has 0 aliphatic rings. The molecule has 7 heteroatoms. The summed E-state index contributed by atoms with van der Waals surface area (Å²) in [5, 5.41) is 4.11. The van der Waals surface area contributed by atoms with E-state index in [0.29, 0.717) is 21.7 Å². The Balaban J connectivity index is 1.73. The Morgan fingerprint density at radius 2 is 1.89 bits per heavy atom. The summed E-state index contributed by atoms with van der Waals surface area (Å²) in [4.78, 5) is 18.0. The van der Waals surface area contributed by atoms with E-state index in [-0.39, 0.29) is 12.3 Å². The van der Waals surface area contributed by atoms with Crippen LogP contribution >= 0.6 is 22.9 Å². The number of halogens is 1. The second-order valence-electron chi connectivity index (χ2n) is 5.83. The Labute approximate surface area is 166 Å². The summed E-state index contributed by atoms with van der Waals surface area (Å²) in [5.74, 6) is 1.13. The van der Waals surface area contributed by atoms with E-state index >= 15 is 0 Å². The minimum atomic E-state index is -0.158. The molecule has 0 bridgehead atoms. The molecular weight excluding hydrogens is 384 g/mol. The highest BCUT2D eigenvalue weighted by Crippen LogP contribution is 2.31. The Bertz CT molecular complexity index is 954. The van der Waals surface area contributed by atoms with Crippen molar-refractivity contribution in [1.82, 2.24) is 4.98 Å². The number of carbonyl (C=O) groups is 1. The van der Waals surface area contributed by atoms with Crippen molar-refractivity contribution in [2.24, 2.45) is 0 Å². The third-order valence-electron chi connectivity index (χ3n) is 4.01. The molecule has 27 heavy (non-hydrogen) atoms. The first-order valence-electron chi connectivity index (χ1n) is 8.24.